The lowest BCUT2D eigenvalue weighted by Crippen LogP contribution is -2.32. The normalized spacial score (nSPS) is 29.6. The standard InChI is InChI=1S/C11H19F2NO.C2H6/c1-9-5-14(7-11(9,12)13)6-10(3-4-10)8-15-2;1-2/h9H,3-8H2,1-2H3;1-2H3. The van der Waals surface area contributed by atoms with Crippen molar-refractivity contribution in [2.45, 2.75) is 39.5 Å². The molecular weight excluding hydrogens is 224 g/mol. The quantitative estimate of drug-likeness (QED) is 0.759. The molecule has 2 fully saturated rings. The van der Waals surface area contributed by atoms with Crippen molar-refractivity contribution in [3.63, 3.8) is 0 Å². The van der Waals surface area contributed by atoms with E-state index >= 15 is 0 Å². The molecule has 0 amide bonds. The van der Waals surface area contributed by atoms with E-state index in [2.05, 4.69) is 0 Å². The van der Waals surface area contributed by atoms with E-state index in [1.807, 2.05) is 18.7 Å². The molecule has 4 heteroatoms. The molecule has 1 saturated heterocycles. The highest BCUT2D eigenvalue weighted by molar-refractivity contribution is 4.98. The van der Waals surface area contributed by atoms with Crippen molar-refractivity contribution in [1.29, 1.82) is 0 Å². The van der Waals surface area contributed by atoms with Crippen molar-refractivity contribution in [2.75, 3.05) is 33.4 Å². The summed E-state index contributed by atoms with van der Waals surface area (Å²) >= 11 is 0. The Labute approximate surface area is 103 Å². The molecule has 1 unspecified atom stereocenters. The Morgan fingerprint density at radius 3 is 2.24 bits per heavy atom. The second kappa shape index (κ2) is 5.61. The zero-order chi connectivity index (χ0) is 13.1. The summed E-state index contributed by atoms with van der Waals surface area (Å²) in [6.45, 7) is 7.58. The molecule has 1 aliphatic heterocycles. The molecule has 0 N–H and O–H groups in total. The molecule has 0 aromatic carbocycles. The van der Waals surface area contributed by atoms with E-state index in [0.717, 1.165) is 19.4 Å². The lowest BCUT2D eigenvalue weighted by atomic mass is 10.1. The van der Waals surface area contributed by atoms with Crippen molar-refractivity contribution in [3.8, 4) is 0 Å². The van der Waals surface area contributed by atoms with Gasteiger partial charge in [-0.05, 0) is 12.8 Å². The third kappa shape index (κ3) is 3.62. The van der Waals surface area contributed by atoms with E-state index in [4.69, 9.17) is 4.74 Å². The average Bonchev–Trinajstić information content (AvgIpc) is 2.94. The SMILES string of the molecule is CC.COCC1(CN2CC(C)C(F)(F)C2)CC1. The van der Waals surface area contributed by atoms with Gasteiger partial charge in [0.15, 0.2) is 0 Å². The number of likely N-dealkylation sites (tertiary alicyclic amines) is 1. The van der Waals surface area contributed by atoms with Crippen LogP contribution in [0.25, 0.3) is 0 Å². The molecule has 0 bridgehead atoms. The van der Waals surface area contributed by atoms with E-state index in [-0.39, 0.29) is 12.0 Å². The molecule has 1 atom stereocenters. The van der Waals surface area contributed by atoms with Crippen molar-refractivity contribution in [3.05, 3.63) is 0 Å². The fourth-order valence-corrected chi connectivity index (χ4v) is 2.47. The summed E-state index contributed by atoms with van der Waals surface area (Å²) in [6.07, 6.45) is 2.24. The molecular formula is C13H25F2NO. The van der Waals surface area contributed by atoms with Gasteiger partial charge in [-0.25, -0.2) is 8.78 Å². The van der Waals surface area contributed by atoms with Gasteiger partial charge in [-0.1, -0.05) is 20.8 Å². The van der Waals surface area contributed by atoms with E-state index in [1.54, 1.807) is 14.0 Å². The van der Waals surface area contributed by atoms with Crippen molar-refractivity contribution in [2.24, 2.45) is 11.3 Å². The predicted molar refractivity (Wildman–Crippen MR) is 65.4 cm³/mol. The number of rotatable bonds is 4. The summed E-state index contributed by atoms with van der Waals surface area (Å²) in [5, 5.41) is 0. The van der Waals surface area contributed by atoms with Gasteiger partial charge in [0.05, 0.1) is 13.2 Å². The third-order valence-corrected chi connectivity index (χ3v) is 3.65. The molecule has 2 aliphatic rings. The molecule has 1 aliphatic carbocycles. The lowest BCUT2D eigenvalue weighted by molar-refractivity contribution is -0.0225. The van der Waals surface area contributed by atoms with E-state index in [1.165, 1.54) is 0 Å². The third-order valence-electron chi connectivity index (χ3n) is 3.65. The van der Waals surface area contributed by atoms with Gasteiger partial charge >= 0.3 is 0 Å². The van der Waals surface area contributed by atoms with Gasteiger partial charge in [-0.3, -0.25) is 4.90 Å². The highest BCUT2D eigenvalue weighted by Gasteiger charge is 2.50. The number of methoxy groups -OCH3 is 1. The smallest absolute Gasteiger partial charge is 0.264 e. The summed E-state index contributed by atoms with van der Waals surface area (Å²) in [4.78, 5) is 1.90. The molecule has 0 radical (unpaired) electrons. The highest BCUT2D eigenvalue weighted by Crippen LogP contribution is 2.47. The van der Waals surface area contributed by atoms with Crippen LogP contribution < -0.4 is 0 Å². The molecule has 102 valence electrons. The average molecular weight is 249 g/mol. The minimum Gasteiger partial charge on any atom is -0.384 e. The van der Waals surface area contributed by atoms with Gasteiger partial charge in [0.25, 0.3) is 5.92 Å². The van der Waals surface area contributed by atoms with Crippen LogP contribution in [0.4, 0.5) is 8.78 Å². The Morgan fingerprint density at radius 2 is 1.88 bits per heavy atom. The van der Waals surface area contributed by atoms with Gasteiger partial charge in [0.1, 0.15) is 0 Å². The number of halogens is 2. The lowest BCUT2D eigenvalue weighted by Gasteiger charge is -2.22. The maximum atomic E-state index is 13.3. The summed E-state index contributed by atoms with van der Waals surface area (Å²) in [7, 11) is 1.68. The molecule has 1 saturated carbocycles. The van der Waals surface area contributed by atoms with E-state index < -0.39 is 11.8 Å². The molecule has 0 aromatic heterocycles. The van der Waals surface area contributed by atoms with Crippen LogP contribution in [0.15, 0.2) is 0 Å². The van der Waals surface area contributed by atoms with Crippen LogP contribution in [0.2, 0.25) is 0 Å². The van der Waals surface area contributed by atoms with Crippen LogP contribution in [-0.4, -0.2) is 44.2 Å². The maximum absolute atomic E-state index is 13.3. The topological polar surface area (TPSA) is 12.5 Å². The number of alkyl halides is 2. The molecule has 17 heavy (non-hydrogen) atoms. The fourth-order valence-electron chi connectivity index (χ4n) is 2.47. The number of hydrogen-bond acceptors (Lipinski definition) is 2. The van der Waals surface area contributed by atoms with Crippen LogP contribution in [0, 0.1) is 11.3 Å². The second-order valence-corrected chi connectivity index (χ2v) is 5.26. The number of ether oxygens (including phenoxy) is 1. The highest BCUT2D eigenvalue weighted by atomic mass is 19.3. The van der Waals surface area contributed by atoms with Gasteiger partial charge in [0.2, 0.25) is 0 Å². The minimum absolute atomic E-state index is 0.0698. The van der Waals surface area contributed by atoms with Gasteiger partial charge in [-0.15, -0.1) is 0 Å². The first kappa shape index (κ1) is 14.8. The van der Waals surface area contributed by atoms with Gasteiger partial charge in [-0.2, -0.15) is 0 Å². The van der Waals surface area contributed by atoms with Gasteiger partial charge < -0.3 is 4.74 Å². The monoisotopic (exact) mass is 249 g/mol. The van der Waals surface area contributed by atoms with Crippen LogP contribution in [0.5, 0.6) is 0 Å². The first-order valence-corrected chi connectivity index (χ1v) is 6.57. The first-order chi connectivity index (χ1) is 7.97. The molecule has 1 heterocycles. The second-order valence-electron chi connectivity index (χ2n) is 5.26. The van der Waals surface area contributed by atoms with Crippen molar-refractivity contribution >= 4 is 0 Å². The van der Waals surface area contributed by atoms with Crippen molar-refractivity contribution in [1.82, 2.24) is 4.90 Å². The van der Waals surface area contributed by atoms with Crippen molar-refractivity contribution < 1.29 is 13.5 Å². The van der Waals surface area contributed by atoms with E-state index in [9.17, 15) is 8.78 Å². The van der Waals surface area contributed by atoms with Crippen LogP contribution in [0.3, 0.4) is 0 Å². The Bertz CT molecular complexity index is 242. The van der Waals surface area contributed by atoms with Crippen LogP contribution in [0.1, 0.15) is 33.6 Å². The summed E-state index contributed by atoms with van der Waals surface area (Å²) < 4.78 is 31.7. The number of nitrogens with zero attached hydrogens (tertiary/aromatic N) is 1. The summed E-state index contributed by atoms with van der Waals surface area (Å²) in [5.41, 5.74) is 0.189. The maximum Gasteiger partial charge on any atom is 0.264 e. The Morgan fingerprint density at radius 1 is 1.29 bits per heavy atom. The Kier molecular flexibility index (Phi) is 4.90. The first-order valence-electron chi connectivity index (χ1n) is 6.57. The largest absolute Gasteiger partial charge is 0.384 e. The van der Waals surface area contributed by atoms with Crippen LogP contribution >= 0.6 is 0 Å². The molecule has 0 spiro atoms. The molecule has 2 rings (SSSR count). The Hall–Kier alpha value is -0.220. The Balaban J connectivity index is 0.000000686. The molecule has 2 nitrogen and oxygen atoms in total. The predicted octanol–water partition coefficient (Wildman–Crippen LogP) is 3.03. The number of hydrogen-bond donors (Lipinski definition) is 0. The molecule has 0 aromatic rings. The fraction of sp³-hybridized carbons (Fsp3) is 1.00. The van der Waals surface area contributed by atoms with Gasteiger partial charge in [0, 0.05) is 31.5 Å². The summed E-state index contributed by atoms with van der Waals surface area (Å²) in [5.74, 6) is -3.00. The zero-order valence-electron chi connectivity index (χ0n) is 11.4. The van der Waals surface area contributed by atoms with E-state index in [0.29, 0.717) is 13.2 Å². The zero-order valence-corrected chi connectivity index (χ0v) is 11.4. The van der Waals surface area contributed by atoms with Crippen LogP contribution in [-0.2, 0) is 4.74 Å². The minimum atomic E-state index is -2.50. The summed E-state index contributed by atoms with van der Waals surface area (Å²) in [6, 6.07) is 0.